The van der Waals surface area contributed by atoms with Gasteiger partial charge in [-0.1, -0.05) is 64.2 Å². The molecule has 0 spiro atoms. The van der Waals surface area contributed by atoms with E-state index in [0.717, 1.165) is 48.2 Å². The Labute approximate surface area is 226 Å². The minimum Gasteiger partial charge on any atom is -0.444 e. The zero-order valence-electron chi connectivity index (χ0n) is 23.6. The van der Waals surface area contributed by atoms with Crippen molar-refractivity contribution in [2.75, 3.05) is 5.32 Å². The molecule has 3 N–H and O–H groups in total. The first-order valence-corrected chi connectivity index (χ1v) is 14.3. The molecule has 0 bridgehead atoms. The Morgan fingerprint density at radius 3 is 1.97 bits per heavy atom. The molecule has 2 aliphatic rings. The number of nitrogens with zero attached hydrogens (tertiary/aromatic N) is 3. The molecule has 2 amide bonds. The number of aromatic nitrogens is 4. The second-order valence-corrected chi connectivity index (χ2v) is 12.1. The Morgan fingerprint density at radius 2 is 1.50 bits per heavy atom. The topological polar surface area (TPSA) is 122 Å². The van der Waals surface area contributed by atoms with Gasteiger partial charge >= 0.3 is 6.09 Å². The molecule has 1 atom stereocenters. The van der Waals surface area contributed by atoms with Crippen LogP contribution in [0.3, 0.4) is 0 Å². The molecule has 0 radical (unpaired) electrons. The van der Waals surface area contributed by atoms with Crippen LogP contribution in [0, 0.1) is 31.6 Å². The molecule has 0 aromatic carbocycles. The smallest absolute Gasteiger partial charge is 0.408 e. The molecule has 2 saturated carbocycles. The predicted octanol–water partition coefficient (Wildman–Crippen LogP) is 6.09. The third-order valence-electron chi connectivity index (χ3n) is 8.03. The van der Waals surface area contributed by atoms with Crippen molar-refractivity contribution in [3.63, 3.8) is 0 Å². The second kappa shape index (κ2) is 12.3. The predicted molar refractivity (Wildman–Crippen MR) is 148 cm³/mol. The second-order valence-electron chi connectivity index (χ2n) is 12.1. The van der Waals surface area contributed by atoms with E-state index in [1.165, 1.54) is 38.5 Å². The van der Waals surface area contributed by atoms with Crippen LogP contribution in [0.5, 0.6) is 0 Å². The van der Waals surface area contributed by atoms with Gasteiger partial charge in [0.25, 0.3) is 0 Å². The Kier molecular flexibility index (Phi) is 9.05. The van der Waals surface area contributed by atoms with Crippen molar-refractivity contribution >= 4 is 17.9 Å². The van der Waals surface area contributed by atoms with E-state index in [1.807, 2.05) is 34.6 Å². The standard InChI is InChI=1S/C29H44N6O3/c1-18-23(19(2)35-34-18)22-16-30-27(31-17-22)33-26(36)25(32-28(37)38-29(3,4)5)24(20-12-8-6-9-13-20)21-14-10-7-11-15-21/h16-17,20-21,24-25H,6-15H2,1-5H3,(H,32,37)(H,34,35)(H,30,31,33,36)/t25-/m0/s1. The van der Waals surface area contributed by atoms with Crippen molar-refractivity contribution in [1.82, 2.24) is 25.5 Å². The first-order valence-electron chi connectivity index (χ1n) is 14.3. The van der Waals surface area contributed by atoms with E-state index in [-0.39, 0.29) is 17.8 Å². The summed E-state index contributed by atoms with van der Waals surface area (Å²) in [6.45, 7) is 9.38. The molecule has 9 heteroatoms. The fourth-order valence-electron chi connectivity index (χ4n) is 6.42. The van der Waals surface area contributed by atoms with Crippen molar-refractivity contribution in [3.05, 3.63) is 23.8 Å². The molecule has 2 aromatic rings. The summed E-state index contributed by atoms with van der Waals surface area (Å²) in [5.41, 5.74) is 2.94. The van der Waals surface area contributed by atoms with Crippen LogP contribution in [-0.2, 0) is 9.53 Å². The number of nitrogens with one attached hydrogen (secondary N) is 3. The van der Waals surface area contributed by atoms with Gasteiger partial charge in [-0.3, -0.25) is 15.2 Å². The number of hydrogen-bond donors (Lipinski definition) is 3. The first kappa shape index (κ1) is 28.0. The van der Waals surface area contributed by atoms with E-state index in [4.69, 9.17) is 4.74 Å². The number of rotatable bonds is 7. The van der Waals surface area contributed by atoms with Crippen molar-refractivity contribution in [2.24, 2.45) is 17.8 Å². The number of carbonyl (C=O) groups is 2. The maximum absolute atomic E-state index is 13.9. The van der Waals surface area contributed by atoms with Crippen LogP contribution >= 0.6 is 0 Å². The van der Waals surface area contributed by atoms with Crippen LogP contribution in [0.2, 0.25) is 0 Å². The van der Waals surface area contributed by atoms with Gasteiger partial charge < -0.3 is 10.1 Å². The molecule has 0 aliphatic heterocycles. The number of ether oxygens (including phenoxy) is 1. The van der Waals surface area contributed by atoms with Crippen LogP contribution < -0.4 is 10.6 Å². The fraction of sp³-hybridized carbons (Fsp3) is 0.690. The highest BCUT2D eigenvalue weighted by molar-refractivity contribution is 5.95. The van der Waals surface area contributed by atoms with Gasteiger partial charge in [-0.15, -0.1) is 0 Å². The molecule has 2 aliphatic carbocycles. The van der Waals surface area contributed by atoms with Gasteiger partial charge in [-0.05, 0) is 52.4 Å². The number of hydrogen-bond acceptors (Lipinski definition) is 6. The van der Waals surface area contributed by atoms with E-state index in [2.05, 4.69) is 30.8 Å². The largest absolute Gasteiger partial charge is 0.444 e. The highest BCUT2D eigenvalue weighted by atomic mass is 16.6. The van der Waals surface area contributed by atoms with Crippen LogP contribution in [0.25, 0.3) is 11.1 Å². The average molecular weight is 525 g/mol. The maximum atomic E-state index is 13.9. The lowest BCUT2D eigenvalue weighted by Gasteiger charge is -2.41. The lowest BCUT2D eigenvalue weighted by molar-refractivity contribution is -0.121. The summed E-state index contributed by atoms with van der Waals surface area (Å²) in [4.78, 5) is 35.7. The molecule has 0 unspecified atom stereocenters. The minimum absolute atomic E-state index is 0.0543. The Bertz CT molecular complexity index is 1040. The number of carbonyl (C=O) groups excluding carboxylic acids is 2. The van der Waals surface area contributed by atoms with Gasteiger partial charge in [-0.25, -0.2) is 14.8 Å². The van der Waals surface area contributed by atoms with E-state index < -0.39 is 17.7 Å². The van der Waals surface area contributed by atoms with Gasteiger partial charge in [0.05, 0.1) is 5.69 Å². The normalized spacial score (nSPS) is 18.3. The lowest BCUT2D eigenvalue weighted by Crippen LogP contribution is -2.54. The Hall–Kier alpha value is -2.97. The van der Waals surface area contributed by atoms with Crippen LogP contribution in [0.1, 0.15) is 96.4 Å². The molecule has 2 heterocycles. The third-order valence-corrected chi connectivity index (χ3v) is 8.03. The highest BCUT2D eigenvalue weighted by Gasteiger charge is 2.42. The SMILES string of the molecule is Cc1n[nH]c(C)c1-c1cnc(NC(=O)[C@@H](NC(=O)OC(C)(C)C)C(C2CCCCC2)C2CCCCC2)nc1. The van der Waals surface area contributed by atoms with Gasteiger partial charge in [0.15, 0.2) is 0 Å². The molecule has 0 saturated heterocycles. The van der Waals surface area contributed by atoms with Gasteiger partial charge in [-0.2, -0.15) is 5.10 Å². The summed E-state index contributed by atoms with van der Waals surface area (Å²) in [6.07, 6.45) is 14.4. The summed E-state index contributed by atoms with van der Waals surface area (Å²) in [7, 11) is 0. The quantitative estimate of drug-likeness (QED) is 0.403. The third kappa shape index (κ3) is 7.11. The molecule has 2 fully saturated rings. The Morgan fingerprint density at radius 1 is 0.947 bits per heavy atom. The van der Waals surface area contributed by atoms with Crippen molar-refractivity contribution < 1.29 is 14.3 Å². The van der Waals surface area contributed by atoms with Crippen molar-refractivity contribution in [1.29, 1.82) is 0 Å². The maximum Gasteiger partial charge on any atom is 0.408 e. The van der Waals surface area contributed by atoms with E-state index in [1.54, 1.807) is 12.4 Å². The summed E-state index contributed by atoms with van der Waals surface area (Å²) in [5.74, 6) is 0.791. The molecule has 9 nitrogen and oxygen atoms in total. The summed E-state index contributed by atoms with van der Waals surface area (Å²) >= 11 is 0. The highest BCUT2D eigenvalue weighted by Crippen LogP contribution is 2.42. The number of amides is 2. The summed E-state index contributed by atoms with van der Waals surface area (Å²) in [5, 5.41) is 13.1. The zero-order chi connectivity index (χ0) is 27.3. The molecule has 208 valence electrons. The summed E-state index contributed by atoms with van der Waals surface area (Å²) < 4.78 is 5.60. The number of alkyl carbamates (subject to hydrolysis) is 1. The monoisotopic (exact) mass is 524 g/mol. The first-order chi connectivity index (χ1) is 18.1. The molecular weight excluding hydrogens is 480 g/mol. The van der Waals surface area contributed by atoms with E-state index in [9.17, 15) is 9.59 Å². The number of anilines is 1. The van der Waals surface area contributed by atoms with Crippen LogP contribution in [-0.4, -0.2) is 43.8 Å². The minimum atomic E-state index is -0.710. The molecular formula is C29H44N6O3. The van der Waals surface area contributed by atoms with Crippen molar-refractivity contribution in [3.8, 4) is 11.1 Å². The molecule has 4 rings (SSSR count). The van der Waals surface area contributed by atoms with Gasteiger partial charge in [0.2, 0.25) is 11.9 Å². The fourth-order valence-corrected chi connectivity index (χ4v) is 6.42. The van der Waals surface area contributed by atoms with Crippen LogP contribution in [0.15, 0.2) is 12.4 Å². The van der Waals surface area contributed by atoms with Crippen LogP contribution in [0.4, 0.5) is 10.7 Å². The number of aryl methyl sites for hydroxylation is 2. The Balaban J connectivity index is 1.59. The van der Waals surface area contributed by atoms with Gasteiger partial charge in [0, 0.05) is 29.2 Å². The van der Waals surface area contributed by atoms with E-state index >= 15 is 0 Å². The van der Waals surface area contributed by atoms with E-state index in [0.29, 0.717) is 11.8 Å². The molecule has 38 heavy (non-hydrogen) atoms. The average Bonchev–Trinajstić information content (AvgIpc) is 3.22. The molecule has 2 aromatic heterocycles. The lowest BCUT2D eigenvalue weighted by atomic mass is 9.66. The number of H-pyrrole nitrogens is 1. The zero-order valence-corrected chi connectivity index (χ0v) is 23.6. The number of aromatic amines is 1. The van der Waals surface area contributed by atoms with Crippen molar-refractivity contribution in [2.45, 2.75) is 110 Å². The summed E-state index contributed by atoms with van der Waals surface area (Å²) in [6, 6.07) is -0.710. The van der Waals surface area contributed by atoms with Gasteiger partial charge in [0.1, 0.15) is 11.6 Å².